The number of methoxy groups -OCH3 is 1. The van der Waals surface area contributed by atoms with Crippen molar-refractivity contribution in [2.75, 3.05) is 27.3 Å². The Bertz CT molecular complexity index is 1520. The van der Waals surface area contributed by atoms with Gasteiger partial charge >= 0.3 is 0 Å². The van der Waals surface area contributed by atoms with Gasteiger partial charge in [-0.2, -0.15) is 4.99 Å². The number of hydrogen-bond acceptors (Lipinski definition) is 5. The molecule has 0 aliphatic heterocycles. The first-order valence-electron chi connectivity index (χ1n) is 11.5. The molecule has 0 N–H and O–H groups in total. The predicted octanol–water partition coefficient (Wildman–Crippen LogP) is 4.66. The molecule has 0 fully saturated rings. The topological polar surface area (TPSA) is 81.0 Å². The van der Waals surface area contributed by atoms with Gasteiger partial charge in [-0.05, 0) is 42.1 Å². The zero-order chi connectivity index (χ0) is 25.0. The minimum absolute atomic E-state index is 0.163. The smallest absolute Gasteiger partial charge is 0.279 e. The molecule has 7 nitrogen and oxygen atoms in total. The number of carbonyl (C=O) groups excluding carboxylic acids is 1. The molecule has 4 aromatic rings. The van der Waals surface area contributed by atoms with Crippen molar-refractivity contribution < 1.29 is 17.9 Å². The Balaban J connectivity index is 1.71. The molecule has 9 heteroatoms. The van der Waals surface area contributed by atoms with Crippen LogP contribution in [0.1, 0.15) is 30.1 Å². The van der Waals surface area contributed by atoms with Crippen LogP contribution < -0.4 is 4.80 Å². The Labute approximate surface area is 209 Å². The maximum Gasteiger partial charge on any atom is 0.279 e. The molecule has 0 aliphatic rings. The minimum atomic E-state index is -3.59. The van der Waals surface area contributed by atoms with Crippen LogP contribution in [0, 0.1) is 0 Å². The second kappa shape index (κ2) is 10.8. The van der Waals surface area contributed by atoms with Gasteiger partial charge in [0.2, 0.25) is 10.0 Å². The summed E-state index contributed by atoms with van der Waals surface area (Å²) in [5.74, 6) is -0.421. The third-order valence-electron chi connectivity index (χ3n) is 5.93. The van der Waals surface area contributed by atoms with Crippen LogP contribution in [0.15, 0.2) is 70.6 Å². The lowest BCUT2D eigenvalue weighted by Gasteiger charge is -2.16. The van der Waals surface area contributed by atoms with Gasteiger partial charge in [-0.1, -0.05) is 55.0 Å². The Morgan fingerprint density at radius 3 is 2.54 bits per heavy atom. The number of benzene rings is 3. The van der Waals surface area contributed by atoms with Crippen molar-refractivity contribution in [3.63, 3.8) is 0 Å². The second-order valence-corrected chi connectivity index (χ2v) is 11.3. The molecule has 1 aromatic heterocycles. The van der Waals surface area contributed by atoms with E-state index in [4.69, 9.17) is 4.74 Å². The molecular weight excluding hydrogens is 482 g/mol. The van der Waals surface area contributed by atoms with Crippen LogP contribution in [0.3, 0.4) is 0 Å². The Morgan fingerprint density at radius 2 is 1.83 bits per heavy atom. The highest BCUT2D eigenvalue weighted by molar-refractivity contribution is 7.89. The summed E-state index contributed by atoms with van der Waals surface area (Å²) in [6.07, 6.45) is 1.70. The molecule has 184 valence electrons. The predicted molar refractivity (Wildman–Crippen MR) is 140 cm³/mol. The molecule has 0 radical (unpaired) electrons. The van der Waals surface area contributed by atoms with Crippen LogP contribution in [0.4, 0.5) is 0 Å². The maximum absolute atomic E-state index is 13.1. The number of amides is 1. The van der Waals surface area contributed by atoms with Crippen LogP contribution in [0.25, 0.3) is 21.0 Å². The van der Waals surface area contributed by atoms with Crippen molar-refractivity contribution in [2.45, 2.75) is 31.2 Å². The number of nitrogens with zero attached hydrogens (tertiary/aromatic N) is 3. The first-order chi connectivity index (χ1) is 16.9. The van der Waals surface area contributed by atoms with E-state index in [1.807, 2.05) is 29.7 Å². The zero-order valence-corrected chi connectivity index (χ0v) is 21.7. The highest BCUT2D eigenvalue weighted by Gasteiger charge is 2.20. The Kier molecular flexibility index (Phi) is 7.81. The molecule has 1 heterocycles. The van der Waals surface area contributed by atoms with Crippen molar-refractivity contribution in [3.8, 4) is 0 Å². The second-order valence-electron chi connectivity index (χ2n) is 8.29. The number of rotatable bonds is 9. The van der Waals surface area contributed by atoms with Crippen molar-refractivity contribution in [1.29, 1.82) is 0 Å². The maximum atomic E-state index is 13.1. The molecule has 0 aliphatic carbocycles. The summed E-state index contributed by atoms with van der Waals surface area (Å²) in [6.45, 7) is 3.51. The third kappa shape index (κ3) is 5.23. The van der Waals surface area contributed by atoms with Crippen LogP contribution in [-0.4, -0.2) is 50.5 Å². The number of thiazole rings is 1. The summed E-state index contributed by atoms with van der Waals surface area (Å²) in [5, 5.41) is 2.23. The van der Waals surface area contributed by atoms with Gasteiger partial charge in [0, 0.05) is 38.2 Å². The van der Waals surface area contributed by atoms with Crippen LogP contribution in [0.5, 0.6) is 0 Å². The molecule has 1 amide bonds. The van der Waals surface area contributed by atoms with Gasteiger partial charge in [0.1, 0.15) is 0 Å². The standard InChI is InChI=1S/C26H29N3O4S2/c1-4-5-16-28(2)35(31,32)21-13-10-20(11-14-21)25(30)27-26-29(17-18-33-3)23-15-12-19-8-6-7-9-22(19)24(23)34-26/h6-15H,4-5,16-18H2,1-3H3. The number of hydrogen-bond donors (Lipinski definition) is 0. The molecule has 0 saturated heterocycles. The first-order valence-corrected chi connectivity index (χ1v) is 13.8. The lowest BCUT2D eigenvalue weighted by Crippen LogP contribution is -2.27. The fraction of sp³-hybridized carbons (Fsp3) is 0.308. The Hall–Kier alpha value is -2.85. The quantitative estimate of drug-likeness (QED) is 0.327. The molecule has 0 unspecified atom stereocenters. The first kappa shape index (κ1) is 25.2. The van der Waals surface area contributed by atoms with E-state index in [2.05, 4.69) is 23.2 Å². The largest absolute Gasteiger partial charge is 0.383 e. The summed E-state index contributed by atoms with van der Waals surface area (Å²) in [7, 11) is -0.379. The monoisotopic (exact) mass is 511 g/mol. The average Bonchev–Trinajstić information content (AvgIpc) is 3.23. The van der Waals surface area contributed by atoms with E-state index in [1.54, 1.807) is 14.2 Å². The fourth-order valence-corrected chi connectivity index (χ4v) is 6.28. The van der Waals surface area contributed by atoms with Gasteiger partial charge in [-0.25, -0.2) is 12.7 Å². The third-order valence-corrected chi connectivity index (χ3v) is 8.92. The molecule has 3 aromatic carbocycles. The molecule has 0 saturated carbocycles. The minimum Gasteiger partial charge on any atom is -0.383 e. The lowest BCUT2D eigenvalue weighted by molar-refractivity contribution is 0.0997. The van der Waals surface area contributed by atoms with Crippen molar-refractivity contribution in [2.24, 2.45) is 4.99 Å². The molecule has 0 atom stereocenters. The number of ether oxygens (including phenoxy) is 1. The van der Waals surface area contributed by atoms with E-state index in [1.165, 1.54) is 39.9 Å². The molecule has 0 bridgehead atoms. The van der Waals surface area contributed by atoms with E-state index in [-0.39, 0.29) is 4.90 Å². The molecule has 0 spiro atoms. The fourth-order valence-electron chi connectivity index (χ4n) is 3.88. The number of aromatic nitrogens is 1. The molecule has 35 heavy (non-hydrogen) atoms. The number of carbonyl (C=O) groups is 1. The highest BCUT2D eigenvalue weighted by atomic mass is 32.2. The number of unbranched alkanes of at least 4 members (excludes halogenated alkanes) is 1. The number of sulfonamides is 1. The van der Waals surface area contributed by atoms with Crippen LogP contribution in [0.2, 0.25) is 0 Å². The summed E-state index contributed by atoms with van der Waals surface area (Å²) in [4.78, 5) is 18.2. The number of fused-ring (bicyclic) bond motifs is 3. The van der Waals surface area contributed by atoms with Crippen molar-refractivity contribution in [3.05, 3.63) is 71.0 Å². The van der Waals surface area contributed by atoms with Gasteiger partial charge < -0.3 is 9.30 Å². The summed E-state index contributed by atoms with van der Waals surface area (Å²) in [5.41, 5.74) is 1.33. The van der Waals surface area contributed by atoms with Gasteiger partial charge in [0.25, 0.3) is 5.91 Å². The van der Waals surface area contributed by atoms with Crippen molar-refractivity contribution in [1.82, 2.24) is 8.87 Å². The van der Waals surface area contributed by atoms with Crippen molar-refractivity contribution >= 4 is 48.3 Å². The van der Waals surface area contributed by atoms with Gasteiger partial charge in [-0.15, -0.1) is 0 Å². The highest BCUT2D eigenvalue weighted by Crippen LogP contribution is 2.27. The van der Waals surface area contributed by atoms with E-state index < -0.39 is 15.9 Å². The Morgan fingerprint density at radius 1 is 1.09 bits per heavy atom. The van der Waals surface area contributed by atoms with Gasteiger partial charge in [0.05, 0.1) is 21.7 Å². The van der Waals surface area contributed by atoms with Crippen LogP contribution >= 0.6 is 11.3 Å². The lowest BCUT2D eigenvalue weighted by atomic mass is 10.1. The summed E-state index contributed by atoms with van der Waals surface area (Å²) in [6, 6.07) is 18.2. The van der Waals surface area contributed by atoms with E-state index >= 15 is 0 Å². The summed E-state index contributed by atoms with van der Waals surface area (Å²) < 4.78 is 35.2. The SMILES string of the molecule is CCCCN(C)S(=O)(=O)c1ccc(C(=O)N=c2sc3c4ccccc4ccc3n2CCOC)cc1. The van der Waals surface area contributed by atoms with Gasteiger partial charge in [0.15, 0.2) is 4.80 Å². The molecule has 4 rings (SSSR count). The zero-order valence-electron chi connectivity index (χ0n) is 20.1. The van der Waals surface area contributed by atoms with E-state index in [9.17, 15) is 13.2 Å². The van der Waals surface area contributed by atoms with E-state index in [0.29, 0.717) is 30.1 Å². The average molecular weight is 512 g/mol. The summed E-state index contributed by atoms with van der Waals surface area (Å²) >= 11 is 1.46. The van der Waals surface area contributed by atoms with Crippen LogP contribution in [-0.2, 0) is 21.3 Å². The normalized spacial score (nSPS) is 12.7. The van der Waals surface area contributed by atoms with Gasteiger partial charge in [-0.3, -0.25) is 4.79 Å². The molecular formula is C26H29N3O4S2. The van der Waals surface area contributed by atoms with E-state index in [0.717, 1.165) is 33.8 Å².